The third-order valence-corrected chi connectivity index (χ3v) is 2.59. The van der Waals surface area contributed by atoms with Crippen LogP contribution in [0.1, 0.15) is 18.1 Å². The molecule has 6 heteroatoms. The van der Waals surface area contributed by atoms with Crippen LogP contribution in [0.15, 0.2) is 42.0 Å². The van der Waals surface area contributed by atoms with Crippen molar-refractivity contribution in [2.24, 2.45) is 5.10 Å². The summed E-state index contributed by atoms with van der Waals surface area (Å²) in [6.07, 6.45) is 2.87. The molecular formula is C13H15N5O. The molecule has 0 saturated carbocycles. The van der Waals surface area contributed by atoms with Gasteiger partial charge in [0.15, 0.2) is 0 Å². The number of aryl methyl sites for hydroxylation is 1. The largest absolute Gasteiger partial charge is 0.271 e. The number of hydrazone groups is 1. The highest BCUT2D eigenvalue weighted by molar-refractivity contribution is 5.99. The molecule has 1 heterocycles. The molecule has 19 heavy (non-hydrogen) atoms. The van der Waals surface area contributed by atoms with E-state index in [2.05, 4.69) is 20.6 Å². The third-order valence-electron chi connectivity index (χ3n) is 2.59. The highest BCUT2D eigenvalue weighted by Gasteiger charge is 2.02. The van der Waals surface area contributed by atoms with E-state index in [1.165, 1.54) is 22.9 Å². The van der Waals surface area contributed by atoms with Crippen LogP contribution in [0.5, 0.6) is 0 Å². The van der Waals surface area contributed by atoms with E-state index in [9.17, 15) is 4.79 Å². The minimum atomic E-state index is -0.239. The van der Waals surface area contributed by atoms with Crippen LogP contribution < -0.4 is 5.43 Å². The predicted octanol–water partition coefficient (Wildman–Crippen LogP) is 1.13. The Labute approximate surface area is 111 Å². The monoisotopic (exact) mass is 257 g/mol. The normalized spacial score (nSPS) is 11.4. The standard InChI is InChI=1S/C13H15N5O/c1-10-3-5-12(6-4-10)11(2)16-17-13(19)7-18-9-14-8-15-18/h3-6,8-9H,7H2,1-2H3,(H,17,19)/b16-11-. The molecule has 0 aliphatic rings. The lowest BCUT2D eigenvalue weighted by Gasteiger charge is -2.03. The van der Waals surface area contributed by atoms with E-state index in [1.54, 1.807) is 0 Å². The van der Waals surface area contributed by atoms with Gasteiger partial charge in [-0.3, -0.25) is 4.79 Å². The van der Waals surface area contributed by atoms with Crippen molar-refractivity contribution in [2.45, 2.75) is 20.4 Å². The second-order valence-corrected chi connectivity index (χ2v) is 4.19. The molecule has 98 valence electrons. The average molecular weight is 257 g/mol. The maximum absolute atomic E-state index is 11.6. The lowest BCUT2D eigenvalue weighted by Crippen LogP contribution is -2.24. The number of aromatic nitrogens is 3. The van der Waals surface area contributed by atoms with Gasteiger partial charge in [0.1, 0.15) is 19.2 Å². The van der Waals surface area contributed by atoms with Gasteiger partial charge in [0.25, 0.3) is 5.91 Å². The predicted molar refractivity (Wildman–Crippen MR) is 71.6 cm³/mol. The molecule has 2 rings (SSSR count). The quantitative estimate of drug-likeness (QED) is 0.659. The van der Waals surface area contributed by atoms with Crippen LogP contribution >= 0.6 is 0 Å². The zero-order valence-corrected chi connectivity index (χ0v) is 10.9. The van der Waals surface area contributed by atoms with Gasteiger partial charge in [0, 0.05) is 0 Å². The van der Waals surface area contributed by atoms with Gasteiger partial charge in [0.05, 0.1) is 5.71 Å². The Morgan fingerprint density at radius 1 is 1.37 bits per heavy atom. The van der Waals surface area contributed by atoms with Crippen molar-refractivity contribution in [2.75, 3.05) is 0 Å². The summed E-state index contributed by atoms with van der Waals surface area (Å²) in [6, 6.07) is 7.95. The molecule has 0 aliphatic carbocycles. The maximum Gasteiger partial charge on any atom is 0.261 e. The van der Waals surface area contributed by atoms with Crippen molar-refractivity contribution < 1.29 is 4.79 Å². The number of nitrogens with zero attached hydrogens (tertiary/aromatic N) is 4. The molecule has 1 N–H and O–H groups in total. The van der Waals surface area contributed by atoms with Crippen molar-refractivity contribution in [3.8, 4) is 0 Å². The summed E-state index contributed by atoms with van der Waals surface area (Å²) in [5, 5.41) is 7.91. The Bertz CT molecular complexity index is 572. The first-order valence-electron chi connectivity index (χ1n) is 5.88. The zero-order chi connectivity index (χ0) is 13.7. The third kappa shape index (κ3) is 3.74. The molecule has 0 atom stereocenters. The van der Waals surface area contributed by atoms with Gasteiger partial charge in [-0.2, -0.15) is 10.2 Å². The summed E-state index contributed by atoms with van der Waals surface area (Å²) in [5.41, 5.74) is 5.42. The minimum absolute atomic E-state index is 0.102. The molecule has 0 bridgehead atoms. The van der Waals surface area contributed by atoms with Crippen LogP contribution in [0.2, 0.25) is 0 Å². The highest BCUT2D eigenvalue weighted by atomic mass is 16.2. The zero-order valence-electron chi connectivity index (χ0n) is 10.9. The summed E-state index contributed by atoms with van der Waals surface area (Å²) in [7, 11) is 0. The Kier molecular flexibility index (Phi) is 4.02. The van der Waals surface area contributed by atoms with Crippen molar-refractivity contribution in [3.05, 3.63) is 48.0 Å². The Morgan fingerprint density at radius 2 is 2.11 bits per heavy atom. The van der Waals surface area contributed by atoms with Crippen LogP contribution in [0.4, 0.5) is 0 Å². The van der Waals surface area contributed by atoms with E-state index < -0.39 is 0 Å². The van der Waals surface area contributed by atoms with Crippen LogP contribution in [0, 0.1) is 6.92 Å². The number of carbonyl (C=O) groups excluding carboxylic acids is 1. The molecule has 0 saturated heterocycles. The summed E-state index contributed by atoms with van der Waals surface area (Å²) in [6.45, 7) is 3.97. The van der Waals surface area contributed by atoms with E-state index in [1.807, 2.05) is 38.1 Å². The molecule has 0 fully saturated rings. The number of hydrogen-bond donors (Lipinski definition) is 1. The first kappa shape index (κ1) is 12.9. The average Bonchev–Trinajstić information content (AvgIpc) is 2.89. The van der Waals surface area contributed by atoms with Crippen LogP contribution in [0.3, 0.4) is 0 Å². The minimum Gasteiger partial charge on any atom is -0.271 e. The van der Waals surface area contributed by atoms with E-state index >= 15 is 0 Å². The Morgan fingerprint density at radius 3 is 2.74 bits per heavy atom. The van der Waals surface area contributed by atoms with Gasteiger partial charge >= 0.3 is 0 Å². The lowest BCUT2D eigenvalue weighted by molar-refractivity contribution is -0.121. The molecule has 1 aromatic heterocycles. The van der Waals surface area contributed by atoms with Crippen molar-refractivity contribution in [3.63, 3.8) is 0 Å². The van der Waals surface area contributed by atoms with Gasteiger partial charge in [-0.1, -0.05) is 29.8 Å². The van der Waals surface area contributed by atoms with Gasteiger partial charge in [-0.15, -0.1) is 0 Å². The second kappa shape index (κ2) is 5.90. The number of rotatable bonds is 4. The SMILES string of the molecule is C/C(=N/NC(=O)Cn1cncn1)c1ccc(C)cc1. The first-order valence-corrected chi connectivity index (χ1v) is 5.88. The maximum atomic E-state index is 11.6. The number of nitrogens with one attached hydrogen (secondary N) is 1. The summed E-state index contributed by atoms with van der Waals surface area (Å²) in [4.78, 5) is 15.4. The summed E-state index contributed by atoms with van der Waals surface area (Å²) in [5.74, 6) is -0.239. The van der Waals surface area contributed by atoms with Gasteiger partial charge in [-0.05, 0) is 19.4 Å². The van der Waals surface area contributed by atoms with Crippen LogP contribution in [-0.4, -0.2) is 26.4 Å². The van der Waals surface area contributed by atoms with E-state index in [0.717, 1.165) is 11.3 Å². The smallest absolute Gasteiger partial charge is 0.261 e. The molecule has 6 nitrogen and oxygen atoms in total. The molecule has 0 spiro atoms. The van der Waals surface area contributed by atoms with E-state index in [4.69, 9.17) is 0 Å². The molecule has 1 aromatic carbocycles. The van der Waals surface area contributed by atoms with Crippen molar-refractivity contribution in [1.82, 2.24) is 20.2 Å². The summed E-state index contributed by atoms with van der Waals surface area (Å²) < 4.78 is 1.44. The lowest BCUT2D eigenvalue weighted by atomic mass is 10.1. The van der Waals surface area contributed by atoms with Gasteiger partial charge in [-0.25, -0.2) is 15.1 Å². The molecule has 1 amide bonds. The second-order valence-electron chi connectivity index (χ2n) is 4.19. The van der Waals surface area contributed by atoms with E-state index in [-0.39, 0.29) is 12.5 Å². The Hall–Kier alpha value is -2.50. The Balaban J connectivity index is 1.94. The first-order chi connectivity index (χ1) is 9.15. The fraction of sp³-hybridized carbons (Fsp3) is 0.231. The number of hydrogen-bond acceptors (Lipinski definition) is 4. The highest BCUT2D eigenvalue weighted by Crippen LogP contribution is 2.04. The molecule has 2 aromatic rings. The number of carbonyl (C=O) groups is 1. The number of benzene rings is 1. The molecule has 0 unspecified atom stereocenters. The van der Waals surface area contributed by atoms with Gasteiger partial charge < -0.3 is 0 Å². The topological polar surface area (TPSA) is 72.2 Å². The fourth-order valence-electron chi connectivity index (χ4n) is 1.50. The molecule has 0 aliphatic heterocycles. The van der Waals surface area contributed by atoms with Crippen LogP contribution in [-0.2, 0) is 11.3 Å². The number of amides is 1. The molecule has 0 radical (unpaired) electrons. The molecular weight excluding hydrogens is 242 g/mol. The van der Waals surface area contributed by atoms with Crippen molar-refractivity contribution in [1.29, 1.82) is 0 Å². The van der Waals surface area contributed by atoms with E-state index in [0.29, 0.717) is 0 Å². The summed E-state index contributed by atoms with van der Waals surface area (Å²) >= 11 is 0. The van der Waals surface area contributed by atoms with Crippen LogP contribution in [0.25, 0.3) is 0 Å². The fourth-order valence-corrected chi connectivity index (χ4v) is 1.50. The van der Waals surface area contributed by atoms with Crippen molar-refractivity contribution >= 4 is 11.6 Å². The van der Waals surface area contributed by atoms with Gasteiger partial charge in [0.2, 0.25) is 0 Å².